The van der Waals surface area contributed by atoms with E-state index in [0.717, 1.165) is 25.5 Å². The van der Waals surface area contributed by atoms with Crippen molar-refractivity contribution in [2.45, 2.75) is 32.2 Å². The minimum absolute atomic E-state index is 0.176. The molecule has 0 unspecified atom stereocenters. The van der Waals surface area contributed by atoms with Crippen molar-refractivity contribution in [2.75, 3.05) is 6.61 Å². The summed E-state index contributed by atoms with van der Waals surface area (Å²) in [6.07, 6.45) is 2.16. The number of unbranched alkanes of at least 4 members (excludes halogenated alkanes) is 1. The van der Waals surface area contributed by atoms with Crippen LogP contribution >= 0.6 is 45.2 Å². The maximum Gasteiger partial charge on any atom is 0.323 e. The highest BCUT2D eigenvalue weighted by Gasteiger charge is 2.20. The van der Waals surface area contributed by atoms with Crippen molar-refractivity contribution >= 4 is 51.2 Å². The Morgan fingerprint density at radius 1 is 1.19 bits per heavy atom. The van der Waals surface area contributed by atoms with Crippen molar-refractivity contribution in [2.24, 2.45) is 0 Å². The van der Waals surface area contributed by atoms with Gasteiger partial charge in [0.15, 0.2) is 5.75 Å². The highest BCUT2D eigenvalue weighted by Crippen LogP contribution is 2.33. The molecule has 0 spiro atoms. The van der Waals surface area contributed by atoms with Crippen LogP contribution in [0.3, 0.4) is 0 Å². The van der Waals surface area contributed by atoms with E-state index in [4.69, 9.17) is 9.57 Å². The molecule has 2 aromatic rings. The van der Waals surface area contributed by atoms with E-state index in [0.29, 0.717) is 24.5 Å². The van der Waals surface area contributed by atoms with Crippen molar-refractivity contribution in [1.82, 2.24) is 5.48 Å². The minimum atomic E-state index is -0.957. The van der Waals surface area contributed by atoms with Crippen LogP contribution in [0.15, 0.2) is 36.4 Å². The van der Waals surface area contributed by atoms with Crippen molar-refractivity contribution in [3.63, 3.8) is 0 Å². The zero-order valence-corrected chi connectivity index (χ0v) is 19.1. The molecule has 1 atom stereocenters. The van der Waals surface area contributed by atoms with E-state index in [1.807, 2.05) is 19.1 Å². The van der Waals surface area contributed by atoms with E-state index in [-0.39, 0.29) is 5.75 Å². The lowest BCUT2D eigenvalue weighted by atomic mass is 10.1. The summed E-state index contributed by atoms with van der Waals surface area (Å²) in [5, 5.41) is 18.8. The molecule has 2 rings (SSSR count). The fourth-order valence-corrected chi connectivity index (χ4v) is 4.37. The number of benzene rings is 2. The van der Waals surface area contributed by atoms with Gasteiger partial charge in [-0.05, 0) is 93.6 Å². The monoisotopic (exact) mass is 597 g/mol. The van der Waals surface area contributed by atoms with Gasteiger partial charge in [0.1, 0.15) is 17.5 Å². The van der Waals surface area contributed by atoms with Crippen LogP contribution in [0, 0.1) is 7.14 Å². The summed E-state index contributed by atoms with van der Waals surface area (Å²) in [6, 6.07) is 9.48. The molecule has 0 aliphatic heterocycles. The molecule has 0 bridgehead atoms. The van der Waals surface area contributed by atoms with Gasteiger partial charge in [-0.15, -0.1) is 0 Å². The number of aliphatic carboxylic acids is 1. The Bertz CT molecular complexity index is 744. The third kappa shape index (κ3) is 7.09. The molecule has 6 nitrogen and oxygen atoms in total. The smallest absolute Gasteiger partial charge is 0.323 e. The molecule has 0 radical (unpaired) electrons. The molecule has 0 aliphatic rings. The largest absolute Gasteiger partial charge is 0.508 e. The number of aromatic hydroxyl groups is 1. The van der Waals surface area contributed by atoms with Crippen LogP contribution in [0.5, 0.6) is 17.2 Å². The molecule has 0 fully saturated rings. The number of phenols is 1. The topological polar surface area (TPSA) is 88.0 Å². The minimum Gasteiger partial charge on any atom is -0.508 e. The number of carboxylic acids is 1. The standard InChI is InChI=1S/C19H21I2NO5/c1-2-3-8-26-22-17(19(24)25)11-12-9-15(20)18(16(21)10-12)27-14-6-4-13(23)5-7-14/h4-7,9-10,17,22-23H,2-3,8,11H2,1H3,(H,24,25)/t17-/m1/s1. The molecule has 8 heteroatoms. The van der Waals surface area contributed by atoms with Crippen molar-refractivity contribution < 1.29 is 24.6 Å². The Morgan fingerprint density at radius 3 is 2.37 bits per heavy atom. The van der Waals surface area contributed by atoms with Gasteiger partial charge in [-0.2, -0.15) is 5.48 Å². The second-order valence-corrected chi connectivity index (χ2v) is 8.22. The van der Waals surface area contributed by atoms with Crippen LogP contribution in [-0.4, -0.2) is 28.8 Å². The Morgan fingerprint density at radius 2 is 1.81 bits per heavy atom. The van der Waals surface area contributed by atoms with Crippen LogP contribution < -0.4 is 10.2 Å². The lowest BCUT2D eigenvalue weighted by Gasteiger charge is -2.16. The van der Waals surface area contributed by atoms with Gasteiger partial charge >= 0.3 is 5.97 Å². The van der Waals surface area contributed by atoms with Gasteiger partial charge in [0, 0.05) is 6.42 Å². The number of halogens is 2. The summed E-state index contributed by atoms with van der Waals surface area (Å²) in [5.74, 6) is 0.534. The summed E-state index contributed by atoms with van der Waals surface area (Å²) >= 11 is 4.34. The first-order chi connectivity index (χ1) is 12.9. The van der Waals surface area contributed by atoms with Crippen molar-refractivity contribution in [1.29, 1.82) is 0 Å². The molecule has 0 saturated carbocycles. The van der Waals surface area contributed by atoms with Gasteiger partial charge in [-0.1, -0.05) is 13.3 Å². The Hall–Kier alpha value is -1.11. The van der Waals surface area contributed by atoms with Gasteiger partial charge < -0.3 is 19.8 Å². The van der Waals surface area contributed by atoms with Crippen molar-refractivity contribution in [3.05, 3.63) is 49.1 Å². The number of phenolic OH excluding ortho intramolecular Hbond substituents is 1. The Labute approximate surface area is 185 Å². The number of nitrogens with one attached hydrogen (secondary N) is 1. The molecular formula is C19H21I2NO5. The SMILES string of the molecule is CCCCON[C@H](Cc1cc(I)c(Oc2ccc(O)cc2)c(I)c1)C(=O)O. The average molecular weight is 597 g/mol. The van der Waals surface area contributed by atoms with Crippen LogP contribution in [0.4, 0.5) is 0 Å². The molecule has 146 valence electrons. The molecular weight excluding hydrogens is 576 g/mol. The summed E-state index contributed by atoms with van der Waals surface area (Å²) in [7, 11) is 0. The first-order valence-electron chi connectivity index (χ1n) is 8.45. The number of hydrogen-bond acceptors (Lipinski definition) is 5. The summed E-state index contributed by atoms with van der Waals surface area (Å²) in [6.45, 7) is 2.53. The molecule has 2 aromatic carbocycles. The van der Waals surface area contributed by atoms with Gasteiger partial charge in [0.25, 0.3) is 0 Å². The zero-order chi connectivity index (χ0) is 19.8. The first-order valence-corrected chi connectivity index (χ1v) is 10.6. The number of hydroxylamine groups is 1. The maximum atomic E-state index is 11.5. The number of hydrogen-bond donors (Lipinski definition) is 3. The van der Waals surface area contributed by atoms with E-state index < -0.39 is 12.0 Å². The zero-order valence-electron chi connectivity index (χ0n) is 14.7. The molecule has 0 heterocycles. The second-order valence-electron chi connectivity index (χ2n) is 5.90. The quantitative estimate of drug-likeness (QED) is 0.209. The van der Waals surface area contributed by atoms with Gasteiger partial charge in [0.05, 0.1) is 13.7 Å². The van der Waals surface area contributed by atoms with Gasteiger partial charge in [-0.3, -0.25) is 4.79 Å². The van der Waals surface area contributed by atoms with Crippen molar-refractivity contribution in [3.8, 4) is 17.2 Å². The number of ether oxygens (including phenoxy) is 1. The average Bonchev–Trinajstić information content (AvgIpc) is 2.62. The first kappa shape index (κ1) is 22.2. The van der Waals surface area contributed by atoms with E-state index in [1.165, 1.54) is 0 Å². The molecule has 0 aromatic heterocycles. The Balaban J connectivity index is 2.09. The number of carboxylic acid groups (broad SMARTS) is 1. The molecule has 0 saturated heterocycles. The lowest BCUT2D eigenvalue weighted by Crippen LogP contribution is -2.38. The Kier molecular flexibility index (Phi) is 9.06. The third-order valence-corrected chi connectivity index (χ3v) is 5.28. The summed E-state index contributed by atoms with van der Waals surface area (Å²) in [4.78, 5) is 16.7. The third-order valence-electron chi connectivity index (χ3n) is 3.68. The van der Waals surface area contributed by atoms with Crippen LogP contribution in [0.2, 0.25) is 0 Å². The maximum absolute atomic E-state index is 11.5. The second kappa shape index (κ2) is 11.0. The fraction of sp³-hybridized carbons (Fsp3) is 0.316. The lowest BCUT2D eigenvalue weighted by molar-refractivity contribution is -0.144. The molecule has 27 heavy (non-hydrogen) atoms. The summed E-state index contributed by atoms with van der Waals surface area (Å²) < 4.78 is 7.66. The van der Waals surface area contributed by atoms with Crippen LogP contribution in [0.25, 0.3) is 0 Å². The van der Waals surface area contributed by atoms with E-state index in [1.54, 1.807) is 24.3 Å². The molecule has 0 amide bonds. The normalized spacial score (nSPS) is 12.0. The summed E-state index contributed by atoms with van der Waals surface area (Å²) in [5.41, 5.74) is 3.52. The molecule has 3 N–H and O–H groups in total. The van der Waals surface area contributed by atoms with Gasteiger partial charge in [-0.25, -0.2) is 0 Å². The predicted molar refractivity (Wildman–Crippen MR) is 119 cm³/mol. The van der Waals surface area contributed by atoms with E-state index >= 15 is 0 Å². The fourth-order valence-electron chi connectivity index (χ4n) is 2.25. The molecule has 0 aliphatic carbocycles. The predicted octanol–water partition coefficient (Wildman–Crippen LogP) is 4.71. The number of carbonyl (C=O) groups is 1. The highest BCUT2D eigenvalue weighted by atomic mass is 127. The van der Waals surface area contributed by atoms with E-state index in [9.17, 15) is 15.0 Å². The van der Waals surface area contributed by atoms with Crippen LogP contribution in [-0.2, 0) is 16.1 Å². The van der Waals surface area contributed by atoms with E-state index in [2.05, 4.69) is 50.7 Å². The number of rotatable bonds is 10. The van der Waals surface area contributed by atoms with Gasteiger partial charge in [0.2, 0.25) is 0 Å². The highest BCUT2D eigenvalue weighted by molar-refractivity contribution is 14.1. The van der Waals surface area contributed by atoms with Crippen LogP contribution in [0.1, 0.15) is 25.3 Å².